The molecular weight excluding hydrogens is 555 g/mol. The molecule has 1 heterocycles. The number of hydrogen-bond acceptors (Lipinski definition) is 5. The Hall–Kier alpha value is -3.61. The van der Waals surface area contributed by atoms with E-state index in [4.69, 9.17) is 16.3 Å². The van der Waals surface area contributed by atoms with Crippen LogP contribution in [0.3, 0.4) is 0 Å². The smallest absolute Gasteiger partial charge is 0.416 e. The first-order chi connectivity index (χ1) is 18.6. The molecular formula is C26H23ClF3N5O3S. The molecule has 1 unspecified atom stereocenters. The normalized spacial score (nSPS) is 14.3. The van der Waals surface area contributed by atoms with Gasteiger partial charge in [-0.1, -0.05) is 23.7 Å². The van der Waals surface area contributed by atoms with E-state index in [1.54, 1.807) is 42.5 Å². The van der Waals surface area contributed by atoms with Crippen molar-refractivity contribution in [3.63, 3.8) is 0 Å². The van der Waals surface area contributed by atoms with Gasteiger partial charge in [-0.05, 0) is 55.3 Å². The monoisotopic (exact) mass is 577 g/mol. The zero-order valence-corrected chi connectivity index (χ0v) is 22.1. The average Bonchev–Trinajstić information content (AvgIpc) is 3.65. The molecule has 1 aliphatic carbocycles. The lowest BCUT2D eigenvalue weighted by atomic mass is 10.1. The highest BCUT2D eigenvalue weighted by Gasteiger charge is 2.30. The number of nitrogens with zero attached hydrogens (tertiary/aromatic N) is 2. The Morgan fingerprint density at radius 3 is 2.67 bits per heavy atom. The van der Waals surface area contributed by atoms with Crippen LogP contribution in [0, 0.1) is 0 Å². The minimum atomic E-state index is -4.44. The van der Waals surface area contributed by atoms with Gasteiger partial charge in [0.05, 0.1) is 28.3 Å². The first-order valence-corrected chi connectivity index (χ1v) is 13.4. The fourth-order valence-electron chi connectivity index (χ4n) is 3.86. The van der Waals surface area contributed by atoms with Crippen molar-refractivity contribution in [1.29, 1.82) is 0 Å². The first-order valence-electron chi connectivity index (χ1n) is 11.9. The van der Waals surface area contributed by atoms with Gasteiger partial charge in [0.25, 0.3) is 0 Å². The Labute approximate surface area is 228 Å². The van der Waals surface area contributed by atoms with Crippen LogP contribution in [0.2, 0.25) is 5.02 Å². The molecule has 1 fully saturated rings. The number of ether oxygens (including phenoxy) is 1. The number of alkyl halides is 3. The third kappa shape index (κ3) is 6.18. The molecule has 4 aromatic rings. The molecule has 0 radical (unpaired) electrons. The van der Waals surface area contributed by atoms with E-state index in [-0.39, 0.29) is 18.4 Å². The maximum absolute atomic E-state index is 13.0. The second-order valence-corrected chi connectivity index (χ2v) is 10.6. The SMILES string of the molecule is COc1cc(-n2nc(-c3cc(S(=O)NC4CC4)ccc3Cl)[nH]c2=O)ccc1CNc1cccc(C(F)(F)F)c1. The lowest BCUT2D eigenvalue weighted by Crippen LogP contribution is -2.19. The minimum Gasteiger partial charge on any atom is -0.496 e. The number of hydrogen-bond donors (Lipinski definition) is 3. The number of anilines is 1. The predicted molar refractivity (Wildman–Crippen MR) is 143 cm³/mol. The van der Waals surface area contributed by atoms with Gasteiger partial charge in [0.15, 0.2) is 5.82 Å². The van der Waals surface area contributed by atoms with Gasteiger partial charge in [-0.2, -0.15) is 17.9 Å². The molecule has 3 N–H and O–H groups in total. The molecule has 0 amide bonds. The maximum atomic E-state index is 13.0. The second-order valence-electron chi connectivity index (χ2n) is 8.92. The summed E-state index contributed by atoms with van der Waals surface area (Å²) >= 11 is 6.37. The van der Waals surface area contributed by atoms with Crippen LogP contribution in [0.1, 0.15) is 24.0 Å². The number of aromatic nitrogens is 3. The first kappa shape index (κ1) is 27.0. The summed E-state index contributed by atoms with van der Waals surface area (Å²) in [7, 11) is 0.0309. The fourth-order valence-corrected chi connectivity index (χ4v) is 5.15. The van der Waals surface area contributed by atoms with Crippen LogP contribution in [-0.2, 0) is 23.7 Å². The highest BCUT2D eigenvalue weighted by atomic mass is 35.5. The molecule has 1 atom stereocenters. The van der Waals surface area contributed by atoms with Gasteiger partial charge in [0.1, 0.15) is 16.7 Å². The summed E-state index contributed by atoms with van der Waals surface area (Å²) < 4.78 is 61.3. The number of nitrogens with one attached hydrogen (secondary N) is 3. The standard InChI is InChI=1S/C26H23ClF3N5O3S/c1-38-23-12-19(8-5-15(23)14-31-18-4-2-3-16(11-18)26(28,29)30)35-25(36)32-24(33-35)21-13-20(9-10-22(21)27)39(37)34-17-6-7-17/h2-5,8-13,17,31,34H,6-7,14H2,1H3,(H,32,33,36). The van der Waals surface area contributed by atoms with E-state index in [9.17, 15) is 22.2 Å². The molecule has 1 aromatic heterocycles. The second kappa shape index (κ2) is 10.9. The summed E-state index contributed by atoms with van der Waals surface area (Å²) in [6.45, 7) is 0.180. The summed E-state index contributed by atoms with van der Waals surface area (Å²) in [4.78, 5) is 16.0. The van der Waals surface area contributed by atoms with E-state index >= 15 is 0 Å². The van der Waals surface area contributed by atoms with Crippen molar-refractivity contribution in [2.45, 2.75) is 36.5 Å². The molecule has 3 aromatic carbocycles. The number of benzene rings is 3. The van der Waals surface area contributed by atoms with Crippen molar-refractivity contribution < 1.29 is 22.1 Å². The van der Waals surface area contributed by atoms with Crippen molar-refractivity contribution in [3.05, 3.63) is 87.3 Å². The number of H-pyrrole nitrogens is 1. The Bertz CT molecular complexity index is 1600. The summed E-state index contributed by atoms with van der Waals surface area (Å²) in [6.07, 6.45) is -2.48. The fraction of sp³-hybridized carbons (Fsp3) is 0.231. The van der Waals surface area contributed by atoms with E-state index in [1.165, 1.54) is 13.2 Å². The Morgan fingerprint density at radius 1 is 1.15 bits per heavy atom. The van der Waals surface area contributed by atoms with Gasteiger partial charge in [-0.25, -0.2) is 13.7 Å². The average molecular weight is 578 g/mol. The van der Waals surface area contributed by atoms with Crippen molar-refractivity contribution in [3.8, 4) is 22.8 Å². The van der Waals surface area contributed by atoms with Crippen molar-refractivity contribution in [2.75, 3.05) is 12.4 Å². The third-order valence-electron chi connectivity index (χ3n) is 6.06. The maximum Gasteiger partial charge on any atom is 0.416 e. The Kier molecular flexibility index (Phi) is 7.52. The van der Waals surface area contributed by atoms with E-state index in [2.05, 4.69) is 20.1 Å². The summed E-state index contributed by atoms with van der Waals surface area (Å²) in [5.74, 6) is 0.606. The van der Waals surface area contributed by atoms with E-state index in [0.717, 1.165) is 29.7 Å². The van der Waals surface area contributed by atoms with Crippen LogP contribution in [0.4, 0.5) is 18.9 Å². The molecule has 0 spiro atoms. The van der Waals surface area contributed by atoms with Crippen LogP contribution in [0.5, 0.6) is 5.75 Å². The van der Waals surface area contributed by atoms with Crippen LogP contribution < -0.4 is 20.5 Å². The number of aromatic amines is 1. The van der Waals surface area contributed by atoms with Crippen molar-refractivity contribution >= 4 is 28.3 Å². The van der Waals surface area contributed by atoms with Gasteiger partial charge in [-0.3, -0.25) is 4.98 Å². The van der Waals surface area contributed by atoms with Gasteiger partial charge >= 0.3 is 11.9 Å². The largest absolute Gasteiger partial charge is 0.496 e. The lowest BCUT2D eigenvalue weighted by Gasteiger charge is -2.13. The topological polar surface area (TPSA) is 101 Å². The van der Waals surface area contributed by atoms with E-state index in [1.807, 2.05) is 0 Å². The molecule has 1 aliphatic rings. The van der Waals surface area contributed by atoms with Crippen LogP contribution in [0.15, 0.2) is 70.4 Å². The number of rotatable bonds is 9. The molecule has 0 saturated heterocycles. The molecule has 5 rings (SSSR count). The molecule has 204 valence electrons. The van der Waals surface area contributed by atoms with Crippen molar-refractivity contribution in [2.24, 2.45) is 0 Å². The Morgan fingerprint density at radius 2 is 1.95 bits per heavy atom. The zero-order chi connectivity index (χ0) is 27.7. The van der Waals surface area contributed by atoms with Gasteiger partial charge in [0.2, 0.25) is 0 Å². The summed E-state index contributed by atoms with van der Waals surface area (Å²) in [6, 6.07) is 15.0. The van der Waals surface area contributed by atoms with Gasteiger partial charge < -0.3 is 10.1 Å². The van der Waals surface area contributed by atoms with Gasteiger partial charge in [-0.15, -0.1) is 5.10 Å². The number of methoxy groups -OCH3 is 1. The Balaban J connectivity index is 1.38. The van der Waals surface area contributed by atoms with Crippen LogP contribution >= 0.6 is 11.6 Å². The highest BCUT2D eigenvalue weighted by molar-refractivity contribution is 7.83. The summed E-state index contributed by atoms with van der Waals surface area (Å²) in [5, 5.41) is 7.68. The van der Waals surface area contributed by atoms with E-state index < -0.39 is 28.4 Å². The number of halogens is 4. The predicted octanol–water partition coefficient (Wildman–Crippen LogP) is 5.30. The van der Waals surface area contributed by atoms with Crippen LogP contribution in [-0.4, -0.2) is 32.1 Å². The molecule has 39 heavy (non-hydrogen) atoms. The quantitative estimate of drug-likeness (QED) is 0.251. The molecule has 8 nitrogen and oxygen atoms in total. The summed E-state index contributed by atoms with van der Waals surface area (Å²) in [5.41, 5.74) is 0.499. The van der Waals surface area contributed by atoms with Gasteiger partial charge in [0, 0.05) is 35.5 Å². The molecule has 0 aliphatic heterocycles. The molecule has 1 saturated carbocycles. The van der Waals surface area contributed by atoms with E-state index in [0.29, 0.717) is 38.2 Å². The zero-order valence-electron chi connectivity index (χ0n) is 20.5. The minimum absolute atomic E-state index is 0.180. The third-order valence-corrected chi connectivity index (χ3v) is 7.62. The molecule has 13 heteroatoms. The van der Waals surface area contributed by atoms with Crippen molar-refractivity contribution in [1.82, 2.24) is 19.5 Å². The van der Waals surface area contributed by atoms with Crippen LogP contribution in [0.25, 0.3) is 17.1 Å². The highest BCUT2D eigenvalue weighted by Crippen LogP contribution is 2.32. The molecule has 0 bridgehead atoms. The lowest BCUT2D eigenvalue weighted by molar-refractivity contribution is -0.137.